The number of rotatable bonds is 5. The fourth-order valence-corrected chi connectivity index (χ4v) is 3.16. The highest BCUT2D eigenvalue weighted by molar-refractivity contribution is 6.04. The third-order valence-corrected chi connectivity index (χ3v) is 4.58. The molecule has 4 nitrogen and oxygen atoms in total. The SMILES string of the molecule is O=C(O)c1cnc2ccccc2c1NC(C1CC1)C1CC1. The van der Waals surface area contributed by atoms with Crippen molar-refractivity contribution in [3.8, 4) is 0 Å². The summed E-state index contributed by atoms with van der Waals surface area (Å²) in [6.45, 7) is 0. The highest BCUT2D eigenvalue weighted by Crippen LogP contribution is 2.46. The number of hydrogen-bond acceptors (Lipinski definition) is 3. The average Bonchev–Trinajstić information content (AvgIpc) is 3.38. The van der Waals surface area contributed by atoms with Gasteiger partial charge in [-0.2, -0.15) is 0 Å². The Labute approximate surface area is 123 Å². The summed E-state index contributed by atoms with van der Waals surface area (Å²) in [6, 6.07) is 8.17. The van der Waals surface area contributed by atoms with E-state index in [-0.39, 0.29) is 5.56 Å². The van der Waals surface area contributed by atoms with Crippen LogP contribution in [0.25, 0.3) is 10.9 Å². The quantitative estimate of drug-likeness (QED) is 0.880. The van der Waals surface area contributed by atoms with Crippen molar-refractivity contribution in [2.75, 3.05) is 5.32 Å². The van der Waals surface area contributed by atoms with Crippen LogP contribution < -0.4 is 5.32 Å². The lowest BCUT2D eigenvalue weighted by Crippen LogP contribution is -2.25. The molecule has 0 spiro atoms. The number of fused-ring (bicyclic) bond motifs is 1. The summed E-state index contributed by atoms with van der Waals surface area (Å²) in [4.78, 5) is 15.8. The Bertz CT molecular complexity index is 693. The predicted octanol–water partition coefficient (Wildman–Crippen LogP) is 3.53. The largest absolute Gasteiger partial charge is 0.478 e. The van der Waals surface area contributed by atoms with Crippen LogP contribution in [0, 0.1) is 11.8 Å². The number of aromatic carboxylic acids is 1. The summed E-state index contributed by atoms with van der Waals surface area (Å²) >= 11 is 0. The van der Waals surface area contributed by atoms with Gasteiger partial charge in [0.1, 0.15) is 5.56 Å². The molecule has 2 aliphatic rings. The predicted molar refractivity (Wildman–Crippen MR) is 81.6 cm³/mol. The topological polar surface area (TPSA) is 62.2 Å². The number of nitrogens with zero attached hydrogens (tertiary/aromatic N) is 1. The Kier molecular flexibility index (Phi) is 2.84. The van der Waals surface area contributed by atoms with Gasteiger partial charge in [-0.25, -0.2) is 4.79 Å². The first-order valence-electron chi connectivity index (χ1n) is 7.61. The van der Waals surface area contributed by atoms with E-state index in [1.54, 1.807) is 0 Å². The monoisotopic (exact) mass is 282 g/mol. The van der Waals surface area contributed by atoms with E-state index in [9.17, 15) is 9.90 Å². The number of benzene rings is 1. The zero-order chi connectivity index (χ0) is 14.4. The molecule has 0 bridgehead atoms. The lowest BCUT2D eigenvalue weighted by Gasteiger charge is -2.21. The number of carboxylic acids is 1. The van der Waals surface area contributed by atoms with Crippen molar-refractivity contribution in [2.24, 2.45) is 11.8 Å². The summed E-state index contributed by atoms with van der Waals surface area (Å²) in [5, 5.41) is 13.9. The molecule has 0 unspecified atom stereocenters. The van der Waals surface area contributed by atoms with Crippen LogP contribution in [0.4, 0.5) is 5.69 Å². The molecule has 0 atom stereocenters. The summed E-state index contributed by atoms with van der Waals surface area (Å²) in [7, 11) is 0. The maximum Gasteiger partial charge on any atom is 0.339 e. The molecule has 21 heavy (non-hydrogen) atoms. The molecule has 0 aliphatic heterocycles. The van der Waals surface area contributed by atoms with Crippen molar-refractivity contribution in [1.82, 2.24) is 4.98 Å². The normalized spacial score (nSPS) is 18.1. The van der Waals surface area contributed by atoms with E-state index in [2.05, 4.69) is 10.3 Å². The van der Waals surface area contributed by atoms with E-state index in [4.69, 9.17) is 0 Å². The Morgan fingerprint density at radius 1 is 1.19 bits per heavy atom. The lowest BCUT2D eigenvalue weighted by atomic mass is 10.0. The highest BCUT2D eigenvalue weighted by atomic mass is 16.4. The Morgan fingerprint density at radius 2 is 1.86 bits per heavy atom. The molecule has 4 rings (SSSR count). The summed E-state index contributed by atoms with van der Waals surface area (Å²) in [5.41, 5.74) is 1.87. The van der Waals surface area contributed by atoms with Crippen molar-refractivity contribution < 1.29 is 9.90 Å². The van der Waals surface area contributed by atoms with Gasteiger partial charge in [-0.1, -0.05) is 18.2 Å². The lowest BCUT2D eigenvalue weighted by molar-refractivity contribution is 0.0697. The van der Waals surface area contributed by atoms with Gasteiger partial charge in [-0.3, -0.25) is 4.98 Å². The molecular weight excluding hydrogens is 264 g/mol. The second kappa shape index (κ2) is 4.72. The summed E-state index contributed by atoms with van der Waals surface area (Å²) in [5.74, 6) is 0.512. The van der Waals surface area contributed by atoms with Crippen LogP contribution in [0.5, 0.6) is 0 Å². The molecule has 1 heterocycles. The third kappa shape index (κ3) is 2.35. The third-order valence-electron chi connectivity index (χ3n) is 4.58. The van der Waals surface area contributed by atoms with Crippen LogP contribution >= 0.6 is 0 Å². The fraction of sp³-hybridized carbons (Fsp3) is 0.412. The Hall–Kier alpha value is -2.10. The van der Waals surface area contributed by atoms with Gasteiger partial charge in [0.05, 0.1) is 11.2 Å². The average molecular weight is 282 g/mol. The van der Waals surface area contributed by atoms with Crippen molar-refractivity contribution in [2.45, 2.75) is 31.7 Å². The van der Waals surface area contributed by atoms with Gasteiger partial charge in [0, 0.05) is 17.6 Å². The molecule has 2 fully saturated rings. The number of carboxylic acid groups (broad SMARTS) is 1. The van der Waals surface area contributed by atoms with Gasteiger partial charge >= 0.3 is 5.97 Å². The van der Waals surface area contributed by atoms with Crippen LogP contribution in [0.2, 0.25) is 0 Å². The molecule has 4 heteroatoms. The number of anilines is 1. The van der Waals surface area contributed by atoms with Gasteiger partial charge in [0.15, 0.2) is 0 Å². The summed E-state index contributed by atoms with van der Waals surface area (Å²) in [6.07, 6.45) is 6.53. The number of carbonyl (C=O) groups is 1. The minimum absolute atomic E-state index is 0.278. The maximum absolute atomic E-state index is 11.5. The van der Waals surface area contributed by atoms with Gasteiger partial charge in [-0.15, -0.1) is 0 Å². The minimum atomic E-state index is -0.916. The van der Waals surface area contributed by atoms with Gasteiger partial charge in [-0.05, 0) is 43.6 Å². The smallest absolute Gasteiger partial charge is 0.339 e. The van der Waals surface area contributed by atoms with Crippen molar-refractivity contribution in [1.29, 1.82) is 0 Å². The Morgan fingerprint density at radius 3 is 2.48 bits per heavy atom. The molecule has 1 aromatic heterocycles. The van der Waals surface area contributed by atoms with Crippen molar-refractivity contribution in [3.63, 3.8) is 0 Å². The molecule has 0 amide bonds. The standard InChI is InChI=1S/C17H18N2O2/c20-17(21)13-9-18-14-4-2-1-3-12(14)16(13)19-15(10-5-6-10)11-7-8-11/h1-4,9-11,15H,5-8H2,(H,18,19)(H,20,21). The zero-order valence-corrected chi connectivity index (χ0v) is 11.7. The maximum atomic E-state index is 11.5. The van der Waals surface area contributed by atoms with E-state index < -0.39 is 5.97 Å². The molecule has 0 radical (unpaired) electrons. The summed E-state index contributed by atoms with van der Waals surface area (Å²) < 4.78 is 0. The van der Waals surface area contributed by atoms with Crippen LogP contribution in [-0.2, 0) is 0 Å². The Balaban J connectivity index is 1.80. The highest BCUT2D eigenvalue weighted by Gasteiger charge is 2.42. The molecule has 2 aromatic rings. The van der Waals surface area contributed by atoms with Crippen LogP contribution in [0.15, 0.2) is 30.5 Å². The fourth-order valence-electron chi connectivity index (χ4n) is 3.16. The minimum Gasteiger partial charge on any atom is -0.478 e. The van der Waals surface area contributed by atoms with Crippen LogP contribution in [-0.4, -0.2) is 22.1 Å². The first-order chi connectivity index (χ1) is 10.2. The van der Waals surface area contributed by atoms with Crippen LogP contribution in [0.3, 0.4) is 0 Å². The molecule has 2 aliphatic carbocycles. The molecule has 108 valence electrons. The number of hydrogen-bond donors (Lipinski definition) is 2. The number of nitrogens with one attached hydrogen (secondary N) is 1. The number of para-hydroxylation sites is 1. The molecule has 1 aromatic carbocycles. The van der Waals surface area contributed by atoms with E-state index in [1.807, 2.05) is 24.3 Å². The molecule has 0 saturated heterocycles. The van der Waals surface area contributed by atoms with Gasteiger partial charge in [0.25, 0.3) is 0 Å². The molecular formula is C17H18N2O2. The second-order valence-corrected chi connectivity index (χ2v) is 6.21. The first kappa shape index (κ1) is 12.6. The molecule has 2 N–H and O–H groups in total. The number of pyridine rings is 1. The first-order valence-corrected chi connectivity index (χ1v) is 7.61. The van der Waals surface area contributed by atoms with Crippen molar-refractivity contribution in [3.05, 3.63) is 36.0 Å². The van der Waals surface area contributed by atoms with Gasteiger partial charge < -0.3 is 10.4 Å². The second-order valence-electron chi connectivity index (χ2n) is 6.21. The van der Waals surface area contributed by atoms with E-state index in [0.717, 1.165) is 16.6 Å². The van der Waals surface area contributed by atoms with E-state index >= 15 is 0 Å². The number of aromatic nitrogens is 1. The van der Waals surface area contributed by atoms with Crippen molar-refractivity contribution >= 4 is 22.6 Å². The van der Waals surface area contributed by atoms with Gasteiger partial charge in [0.2, 0.25) is 0 Å². The zero-order valence-electron chi connectivity index (χ0n) is 11.7. The molecule has 2 saturated carbocycles. The van der Waals surface area contributed by atoms with E-state index in [0.29, 0.717) is 17.9 Å². The van der Waals surface area contributed by atoms with E-state index in [1.165, 1.54) is 31.9 Å². The van der Waals surface area contributed by atoms with Crippen LogP contribution in [0.1, 0.15) is 36.0 Å².